The standard InChI is InChI=1S/C14H14N4/c1-8-6-11-13(16-7-8)18-14(17-11)12-9(2)4-3-5-10(12)15/h3-7H,15H2,1-2H3,(H,16,17,18). The average molecular weight is 238 g/mol. The predicted octanol–water partition coefficient (Wildman–Crippen LogP) is 2.82. The molecule has 0 amide bonds. The van der Waals surface area contributed by atoms with E-state index >= 15 is 0 Å². The zero-order valence-electron chi connectivity index (χ0n) is 10.4. The van der Waals surface area contributed by atoms with Gasteiger partial charge in [-0.25, -0.2) is 9.97 Å². The number of hydrogen-bond acceptors (Lipinski definition) is 3. The number of nitrogens with zero attached hydrogens (tertiary/aromatic N) is 2. The number of nitrogens with one attached hydrogen (secondary N) is 1. The van der Waals surface area contributed by atoms with Crippen molar-refractivity contribution in [2.75, 3.05) is 5.73 Å². The van der Waals surface area contributed by atoms with Gasteiger partial charge in [0.25, 0.3) is 0 Å². The Morgan fingerprint density at radius 3 is 2.83 bits per heavy atom. The van der Waals surface area contributed by atoms with E-state index in [0.29, 0.717) is 0 Å². The fourth-order valence-electron chi connectivity index (χ4n) is 2.14. The smallest absolute Gasteiger partial charge is 0.178 e. The van der Waals surface area contributed by atoms with Crippen LogP contribution in [0.4, 0.5) is 5.69 Å². The molecule has 3 N–H and O–H groups in total. The summed E-state index contributed by atoms with van der Waals surface area (Å²) in [5, 5.41) is 0. The minimum atomic E-state index is 0.721. The van der Waals surface area contributed by atoms with Crippen LogP contribution in [-0.4, -0.2) is 15.0 Å². The van der Waals surface area contributed by atoms with E-state index in [4.69, 9.17) is 5.73 Å². The molecule has 2 aromatic heterocycles. The Labute approximate surface area is 105 Å². The molecule has 0 radical (unpaired) electrons. The predicted molar refractivity (Wildman–Crippen MR) is 73.2 cm³/mol. The highest BCUT2D eigenvalue weighted by molar-refractivity contribution is 5.81. The molecule has 0 aliphatic rings. The van der Waals surface area contributed by atoms with Gasteiger partial charge in [-0.05, 0) is 37.1 Å². The van der Waals surface area contributed by atoms with E-state index in [1.54, 1.807) is 0 Å². The molecular weight excluding hydrogens is 224 g/mol. The van der Waals surface area contributed by atoms with Crippen molar-refractivity contribution < 1.29 is 0 Å². The second-order valence-electron chi connectivity index (χ2n) is 4.51. The van der Waals surface area contributed by atoms with E-state index in [0.717, 1.165) is 39.4 Å². The molecular formula is C14H14N4. The van der Waals surface area contributed by atoms with E-state index in [-0.39, 0.29) is 0 Å². The third-order valence-corrected chi connectivity index (χ3v) is 3.02. The first-order chi connectivity index (χ1) is 8.65. The van der Waals surface area contributed by atoms with Gasteiger partial charge in [0.1, 0.15) is 5.82 Å². The molecule has 2 heterocycles. The van der Waals surface area contributed by atoms with Crippen LogP contribution in [0.2, 0.25) is 0 Å². The van der Waals surface area contributed by atoms with Gasteiger partial charge in [-0.3, -0.25) is 0 Å². The molecule has 1 aromatic carbocycles. The summed E-state index contributed by atoms with van der Waals surface area (Å²) >= 11 is 0. The minimum absolute atomic E-state index is 0.721. The summed E-state index contributed by atoms with van der Waals surface area (Å²) in [6.07, 6.45) is 1.81. The van der Waals surface area contributed by atoms with Crippen molar-refractivity contribution in [3.8, 4) is 11.4 Å². The van der Waals surface area contributed by atoms with Crippen LogP contribution in [0.15, 0.2) is 30.5 Å². The number of anilines is 1. The Balaban J connectivity index is 2.26. The molecule has 90 valence electrons. The Bertz CT molecular complexity index is 707. The molecule has 4 nitrogen and oxygen atoms in total. The summed E-state index contributed by atoms with van der Waals surface area (Å²) in [5.74, 6) is 0.777. The van der Waals surface area contributed by atoms with Crippen LogP contribution in [0.1, 0.15) is 11.1 Å². The first-order valence-corrected chi connectivity index (χ1v) is 5.83. The number of fused-ring (bicyclic) bond motifs is 1. The molecule has 18 heavy (non-hydrogen) atoms. The lowest BCUT2D eigenvalue weighted by atomic mass is 10.1. The van der Waals surface area contributed by atoms with Gasteiger partial charge in [0.2, 0.25) is 0 Å². The molecule has 3 aromatic rings. The van der Waals surface area contributed by atoms with Gasteiger partial charge in [0.05, 0.1) is 5.52 Å². The fraction of sp³-hybridized carbons (Fsp3) is 0.143. The van der Waals surface area contributed by atoms with Crippen LogP contribution in [0.5, 0.6) is 0 Å². The van der Waals surface area contributed by atoms with E-state index in [9.17, 15) is 0 Å². The lowest BCUT2D eigenvalue weighted by Crippen LogP contribution is -1.93. The van der Waals surface area contributed by atoms with Crippen molar-refractivity contribution in [2.24, 2.45) is 0 Å². The number of imidazole rings is 1. The average Bonchev–Trinajstić information content (AvgIpc) is 2.71. The topological polar surface area (TPSA) is 67.6 Å². The molecule has 0 saturated carbocycles. The third-order valence-electron chi connectivity index (χ3n) is 3.02. The Kier molecular flexibility index (Phi) is 2.30. The molecule has 0 bridgehead atoms. The number of nitrogens with two attached hydrogens (primary N) is 1. The first kappa shape index (κ1) is 10.8. The number of benzene rings is 1. The fourth-order valence-corrected chi connectivity index (χ4v) is 2.14. The Morgan fingerprint density at radius 1 is 1.22 bits per heavy atom. The Morgan fingerprint density at radius 2 is 2.06 bits per heavy atom. The molecule has 0 unspecified atom stereocenters. The molecule has 0 aliphatic carbocycles. The number of aromatic amines is 1. The van der Waals surface area contributed by atoms with Gasteiger partial charge < -0.3 is 10.7 Å². The number of H-pyrrole nitrogens is 1. The van der Waals surface area contributed by atoms with Gasteiger partial charge in [0, 0.05) is 17.4 Å². The van der Waals surface area contributed by atoms with Crippen LogP contribution >= 0.6 is 0 Å². The SMILES string of the molecule is Cc1cnc2nc(-c3c(C)cccc3N)[nH]c2c1. The lowest BCUT2D eigenvalue weighted by Gasteiger charge is -2.05. The summed E-state index contributed by atoms with van der Waals surface area (Å²) in [5.41, 5.74) is 11.6. The normalized spacial score (nSPS) is 11.0. The van der Waals surface area contributed by atoms with E-state index < -0.39 is 0 Å². The molecule has 3 rings (SSSR count). The number of rotatable bonds is 1. The third kappa shape index (κ3) is 1.62. The molecule has 0 saturated heterocycles. The zero-order valence-corrected chi connectivity index (χ0v) is 10.4. The molecule has 0 atom stereocenters. The largest absolute Gasteiger partial charge is 0.398 e. The van der Waals surface area contributed by atoms with Crippen molar-refractivity contribution in [1.29, 1.82) is 0 Å². The maximum Gasteiger partial charge on any atom is 0.178 e. The van der Waals surface area contributed by atoms with Crippen molar-refractivity contribution in [3.05, 3.63) is 41.6 Å². The maximum atomic E-state index is 6.02. The van der Waals surface area contributed by atoms with Crippen LogP contribution in [-0.2, 0) is 0 Å². The second-order valence-corrected chi connectivity index (χ2v) is 4.51. The molecule has 0 spiro atoms. The van der Waals surface area contributed by atoms with Crippen molar-refractivity contribution in [3.63, 3.8) is 0 Å². The highest BCUT2D eigenvalue weighted by Crippen LogP contribution is 2.28. The van der Waals surface area contributed by atoms with Crippen LogP contribution in [0.25, 0.3) is 22.6 Å². The number of aromatic nitrogens is 3. The van der Waals surface area contributed by atoms with Gasteiger partial charge in [-0.1, -0.05) is 12.1 Å². The van der Waals surface area contributed by atoms with Gasteiger partial charge >= 0.3 is 0 Å². The minimum Gasteiger partial charge on any atom is -0.398 e. The summed E-state index contributed by atoms with van der Waals surface area (Å²) in [6, 6.07) is 7.89. The second kappa shape index (κ2) is 3.84. The number of aryl methyl sites for hydroxylation is 2. The Hall–Kier alpha value is -2.36. The van der Waals surface area contributed by atoms with E-state index in [1.165, 1.54) is 0 Å². The van der Waals surface area contributed by atoms with Crippen LogP contribution in [0, 0.1) is 13.8 Å². The summed E-state index contributed by atoms with van der Waals surface area (Å²) in [4.78, 5) is 12.1. The summed E-state index contributed by atoms with van der Waals surface area (Å²) in [6.45, 7) is 4.03. The number of hydrogen-bond donors (Lipinski definition) is 2. The zero-order chi connectivity index (χ0) is 12.7. The van der Waals surface area contributed by atoms with Gasteiger partial charge in [0.15, 0.2) is 5.65 Å². The number of nitrogen functional groups attached to an aromatic ring is 1. The maximum absolute atomic E-state index is 6.02. The molecule has 0 aliphatic heterocycles. The monoisotopic (exact) mass is 238 g/mol. The van der Waals surface area contributed by atoms with Crippen molar-refractivity contribution >= 4 is 16.9 Å². The summed E-state index contributed by atoms with van der Waals surface area (Å²) < 4.78 is 0. The highest BCUT2D eigenvalue weighted by atomic mass is 15.0. The van der Waals surface area contributed by atoms with Crippen molar-refractivity contribution in [1.82, 2.24) is 15.0 Å². The van der Waals surface area contributed by atoms with Crippen LogP contribution in [0.3, 0.4) is 0 Å². The van der Waals surface area contributed by atoms with E-state index in [1.807, 2.05) is 44.3 Å². The van der Waals surface area contributed by atoms with Crippen LogP contribution < -0.4 is 5.73 Å². The summed E-state index contributed by atoms with van der Waals surface area (Å²) in [7, 11) is 0. The van der Waals surface area contributed by atoms with Gasteiger partial charge in [-0.15, -0.1) is 0 Å². The molecule has 4 heteroatoms. The number of pyridine rings is 1. The quantitative estimate of drug-likeness (QED) is 0.640. The highest BCUT2D eigenvalue weighted by Gasteiger charge is 2.11. The lowest BCUT2D eigenvalue weighted by molar-refractivity contribution is 1.27. The van der Waals surface area contributed by atoms with E-state index in [2.05, 4.69) is 15.0 Å². The molecule has 0 fully saturated rings. The first-order valence-electron chi connectivity index (χ1n) is 5.83. The van der Waals surface area contributed by atoms with Crippen molar-refractivity contribution in [2.45, 2.75) is 13.8 Å². The van der Waals surface area contributed by atoms with Gasteiger partial charge in [-0.2, -0.15) is 0 Å².